The summed E-state index contributed by atoms with van der Waals surface area (Å²) in [7, 11) is 0. The van der Waals surface area contributed by atoms with Crippen LogP contribution in [0.15, 0.2) is 24.3 Å². The number of nitrogens with two attached hydrogens (primary N) is 1. The Morgan fingerprint density at radius 2 is 1.95 bits per heavy atom. The largest absolute Gasteiger partial charge is 0.383 e. The number of nitrogens with zero attached hydrogens (tertiary/aromatic N) is 3. The molecule has 0 saturated heterocycles. The van der Waals surface area contributed by atoms with Crippen molar-refractivity contribution in [3.8, 4) is 6.07 Å². The number of nitrogens with one attached hydrogen (secondary N) is 1. The number of rotatable bonds is 4. The van der Waals surface area contributed by atoms with Gasteiger partial charge in [-0.3, -0.25) is 0 Å². The van der Waals surface area contributed by atoms with Crippen molar-refractivity contribution in [2.45, 2.75) is 26.7 Å². The molecule has 2 rings (SSSR count). The lowest BCUT2D eigenvalue weighted by molar-refractivity contribution is 0.940. The van der Waals surface area contributed by atoms with E-state index in [4.69, 9.17) is 11.0 Å². The van der Waals surface area contributed by atoms with E-state index in [1.807, 2.05) is 38.1 Å². The monoisotopic (exact) mass is 267 g/mol. The topological polar surface area (TPSA) is 87.6 Å². The summed E-state index contributed by atoms with van der Waals surface area (Å²) in [6.45, 7) is 3.88. The Bertz CT molecular complexity index is 641. The van der Waals surface area contributed by atoms with E-state index in [9.17, 15) is 0 Å². The summed E-state index contributed by atoms with van der Waals surface area (Å²) < 4.78 is 0. The molecule has 20 heavy (non-hydrogen) atoms. The molecule has 3 N–H and O–H groups in total. The van der Waals surface area contributed by atoms with Crippen LogP contribution in [0.2, 0.25) is 0 Å². The van der Waals surface area contributed by atoms with Gasteiger partial charge in [-0.25, -0.2) is 9.97 Å². The maximum atomic E-state index is 8.65. The van der Waals surface area contributed by atoms with Crippen LogP contribution in [0.25, 0.3) is 0 Å². The van der Waals surface area contributed by atoms with Crippen LogP contribution >= 0.6 is 0 Å². The van der Waals surface area contributed by atoms with E-state index >= 15 is 0 Å². The third-order valence-corrected chi connectivity index (χ3v) is 3.05. The molecular formula is C15H17N5. The van der Waals surface area contributed by atoms with E-state index in [0.29, 0.717) is 12.2 Å². The fourth-order valence-corrected chi connectivity index (χ4v) is 1.80. The Morgan fingerprint density at radius 1 is 1.25 bits per heavy atom. The number of aryl methyl sites for hydroxylation is 1. The molecule has 0 aliphatic carbocycles. The maximum absolute atomic E-state index is 8.65. The zero-order chi connectivity index (χ0) is 14.5. The molecule has 0 amide bonds. The van der Waals surface area contributed by atoms with E-state index in [1.165, 1.54) is 0 Å². The third kappa shape index (κ3) is 3.04. The molecule has 0 aliphatic heterocycles. The number of nitriles is 1. The smallest absolute Gasteiger partial charge is 0.139 e. The first kappa shape index (κ1) is 13.8. The van der Waals surface area contributed by atoms with Crippen LogP contribution in [-0.4, -0.2) is 9.97 Å². The summed E-state index contributed by atoms with van der Waals surface area (Å²) in [5.41, 5.74) is 8.63. The van der Waals surface area contributed by atoms with E-state index in [2.05, 4.69) is 21.4 Å². The van der Waals surface area contributed by atoms with Gasteiger partial charge in [-0.05, 0) is 24.6 Å². The number of hydrogen-bond donors (Lipinski definition) is 2. The Kier molecular flexibility index (Phi) is 4.16. The molecule has 0 aliphatic rings. The van der Waals surface area contributed by atoms with Gasteiger partial charge in [0, 0.05) is 17.7 Å². The molecular weight excluding hydrogens is 250 g/mol. The van der Waals surface area contributed by atoms with Crippen LogP contribution in [-0.2, 0) is 12.8 Å². The summed E-state index contributed by atoms with van der Waals surface area (Å²) in [5.74, 6) is 1.94. The highest BCUT2D eigenvalue weighted by Gasteiger charge is 2.08. The first-order chi connectivity index (χ1) is 9.63. The zero-order valence-corrected chi connectivity index (χ0v) is 11.6. The molecule has 0 radical (unpaired) electrons. The highest BCUT2D eigenvalue weighted by atomic mass is 15.1. The molecule has 5 nitrogen and oxygen atoms in total. The molecule has 5 heteroatoms. The van der Waals surface area contributed by atoms with Gasteiger partial charge < -0.3 is 11.1 Å². The fourth-order valence-electron chi connectivity index (χ4n) is 1.80. The lowest BCUT2D eigenvalue weighted by Gasteiger charge is -2.11. The van der Waals surface area contributed by atoms with E-state index in [1.54, 1.807) is 0 Å². The summed E-state index contributed by atoms with van der Waals surface area (Å²) >= 11 is 0. The van der Waals surface area contributed by atoms with Crippen LogP contribution in [0.4, 0.5) is 17.3 Å². The SMILES string of the molecule is CCc1nc(N)c(C)c(Nc2ccc(CC#N)cc2)n1. The van der Waals surface area contributed by atoms with Crippen molar-refractivity contribution >= 4 is 17.3 Å². The molecule has 1 heterocycles. The minimum atomic E-state index is 0.416. The lowest BCUT2D eigenvalue weighted by atomic mass is 10.1. The van der Waals surface area contributed by atoms with Crippen molar-refractivity contribution < 1.29 is 0 Å². The van der Waals surface area contributed by atoms with E-state index in [-0.39, 0.29) is 0 Å². The summed E-state index contributed by atoms with van der Waals surface area (Å²) in [6.07, 6.45) is 1.15. The van der Waals surface area contributed by atoms with Gasteiger partial charge in [0.05, 0.1) is 12.5 Å². The number of hydrogen-bond acceptors (Lipinski definition) is 5. The van der Waals surface area contributed by atoms with Crippen LogP contribution < -0.4 is 11.1 Å². The molecule has 0 atom stereocenters. The minimum Gasteiger partial charge on any atom is -0.383 e. The summed E-state index contributed by atoms with van der Waals surface area (Å²) in [6, 6.07) is 9.83. The maximum Gasteiger partial charge on any atom is 0.139 e. The summed E-state index contributed by atoms with van der Waals surface area (Å²) in [4.78, 5) is 8.67. The van der Waals surface area contributed by atoms with Crippen LogP contribution in [0.1, 0.15) is 23.9 Å². The fraction of sp³-hybridized carbons (Fsp3) is 0.267. The average Bonchev–Trinajstić information content (AvgIpc) is 2.46. The van der Waals surface area contributed by atoms with Crippen molar-refractivity contribution in [2.24, 2.45) is 0 Å². The van der Waals surface area contributed by atoms with E-state index in [0.717, 1.165) is 34.9 Å². The van der Waals surface area contributed by atoms with Gasteiger partial charge >= 0.3 is 0 Å². The van der Waals surface area contributed by atoms with E-state index < -0.39 is 0 Å². The number of nitrogen functional groups attached to an aromatic ring is 1. The van der Waals surface area contributed by atoms with Gasteiger partial charge in [-0.1, -0.05) is 19.1 Å². The number of aromatic nitrogens is 2. The molecule has 1 aromatic carbocycles. The standard InChI is InChI=1S/C15H17N5/c1-3-13-19-14(17)10(2)15(20-13)18-12-6-4-11(5-7-12)8-9-16/h4-7H,3,8H2,1-2H3,(H3,17,18,19,20). The molecule has 102 valence electrons. The molecule has 0 fully saturated rings. The Morgan fingerprint density at radius 3 is 2.55 bits per heavy atom. The van der Waals surface area contributed by atoms with Crippen LogP contribution in [0.5, 0.6) is 0 Å². The minimum absolute atomic E-state index is 0.416. The molecule has 1 aromatic heterocycles. The first-order valence-corrected chi connectivity index (χ1v) is 6.50. The van der Waals surface area contributed by atoms with Crippen molar-refractivity contribution in [1.29, 1.82) is 5.26 Å². The van der Waals surface area contributed by atoms with Gasteiger partial charge in [0.2, 0.25) is 0 Å². The Hall–Kier alpha value is -2.61. The molecule has 0 unspecified atom stereocenters. The first-order valence-electron chi connectivity index (χ1n) is 6.50. The van der Waals surface area contributed by atoms with Crippen molar-refractivity contribution in [1.82, 2.24) is 9.97 Å². The second-order valence-electron chi connectivity index (χ2n) is 4.51. The average molecular weight is 267 g/mol. The van der Waals surface area contributed by atoms with Gasteiger partial charge in [-0.15, -0.1) is 0 Å². The quantitative estimate of drug-likeness (QED) is 0.889. The molecule has 0 bridgehead atoms. The van der Waals surface area contributed by atoms with Crippen molar-refractivity contribution in [2.75, 3.05) is 11.1 Å². The second kappa shape index (κ2) is 6.02. The molecule has 0 saturated carbocycles. The van der Waals surface area contributed by atoms with Gasteiger partial charge in [0.1, 0.15) is 17.5 Å². The van der Waals surface area contributed by atoms with Gasteiger partial charge in [0.25, 0.3) is 0 Å². The highest BCUT2D eigenvalue weighted by molar-refractivity contribution is 5.63. The summed E-state index contributed by atoms with van der Waals surface area (Å²) in [5, 5.41) is 11.9. The zero-order valence-electron chi connectivity index (χ0n) is 11.6. The lowest BCUT2D eigenvalue weighted by Crippen LogP contribution is -2.06. The van der Waals surface area contributed by atoms with Crippen molar-refractivity contribution in [3.63, 3.8) is 0 Å². The normalized spacial score (nSPS) is 10.1. The van der Waals surface area contributed by atoms with Crippen LogP contribution in [0, 0.1) is 18.3 Å². The van der Waals surface area contributed by atoms with Gasteiger partial charge in [0.15, 0.2) is 0 Å². The Balaban J connectivity index is 2.25. The third-order valence-electron chi connectivity index (χ3n) is 3.05. The molecule has 2 aromatic rings. The van der Waals surface area contributed by atoms with Gasteiger partial charge in [-0.2, -0.15) is 5.26 Å². The second-order valence-corrected chi connectivity index (χ2v) is 4.51. The number of benzene rings is 1. The van der Waals surface area contributed by atoms with Crippen molar-refractivity contribution in [3.05, 3.63) is 41.2 Å². The highest BCUT2D eigenvalue weighted by Crippen LogP contribution is 2.22. The van der Waals surface area contributed by atoms with Crippen LogP contribution in [0.3, 0.4) is 0 Å². The number of anilines is 3. The molecule has 0 spiro atoms. The Labute approximate surface area is 118 Å². The predicted molar refractivity (Wildman–Crippen MR) is 79.6 cm³/mol. The predicted octanol–water partition coefficient (Wildman–Crippen LogP) is 2.74.